The highest BCUT2D eigenvalue weighted by Gasteiger charge is 2.09. The van der Waals surface area contributed by atoms with Gasteiger partial charge in [-0.15, -0.1) is 0 Å². The summed E-state index contributed by atoms with van der Waals surface area (Å²) in [7, 11) is 0. The van der Waals surface area contributed by atoms with Crippen molar-refractivity contribution < 1.29 is 4.79 Å². The Kier molecular flexibility index (Phi) is 4.47. The molecule has 0 saturated carbocycles. The predicted molar refractivity (Wildman–Crippen MR) is 80.2 cm³/mol. The van der Waals surface area contributed by atoms with Crippen molar-refractivity contribution in [3.63, 3.8) is 0 Å². The lowest BCUT2D eigenvalue weighted by atomic mass is 9.98. The van der Waals surface area contributed by atoms with E-state index in [2.05, 4.69) is 6.07 Å². The fourth-order valence-electron chi connectivity index (χ4n) is 2.06. The molecule has 2 rings (SSSR count). The zero-order valence-electron chi connectivity index (χ0n) is 11.3. The molecule has 2 nitrogen and oxygen atoms in total. The number of nitrogens with zero attached hydrogens (tertiary/aromatic N) is 1. The minimum absolute atomic E-state index is 0.0581. The maximum absolute atomic E-state index is 12.3. The highest BCUT2D eigenvalue weighted by molar-refractivity contribution is 6.09. The molecule has 2 aromatic rings. The number of carbonyl (C=O) groups is 1. The summed E-state index contributed by atoms with van der Waals surface area (Å²) in [6, 6.07) is 19.1. The molecule has 2 heteroatoms. The van der Waals surface area contributed by atoms with E-state index in [0.29, 0.717) is 5.56 Å². The van der Waals surface area contributed by atoms with Gasteiger partial charge in [-0.2, -0.15) is 5.26 Å². The predicted octanol–water partition coefficient (Wildman–Crippen LogP) is 4.04. The van der Waals surface area contributed by atoms with Gasteiger partial charge in [-0.1, -0.05) is 54.6 Å². The first-order valence-electron chi connectivity index (χ1n) is 6.45. The summed E-state index contributed by atoms with van der Waals surface area (Å²) in [5.74, 6) is -0.0581. The number of carbonyl (C=O) groups excluding carboxylic acids is 1. The maximum atomic E-state index is 12.3. The zero-order chi connectivity index (χ0) is 14.4. The molecule has 0 spiro atoms. The topological polar surface area (TPSA) is 40.9 Å². The van der Waals surface area contributed by atoms with Crippen LogP contribution in [0.3, 0.4) is 0 Å². The lowest BCUT2D eigenvalue weighted by Crippen LogP contribution is -2.01. The summed E-state index contributed by atoms with van der Waals surface area (Å²) in [6.45, 7) is 1.92. The Morgan fingerprint density at radius 2 is 1.75 bits per heavy atom. The number of nitriles is 1. The second kappa shape index (κ2) is 6.49. The summed E-state index contributed by atoms with van der Waals surface area (Å²) >= 11 is 0. The smallest absolute Gasteiger partial charge is 0.186 e. The number of benzene rings is 2. The van der Waals surface area contributed by atoms with Crippen LogP contribution in [0.2, 0.25) is 0 Å². The third-order valence-corrected chi connectivity index (χ3v) is 3.13. The lowest BCUT2D eigenvalue weighted by Gasteiger charge is -2.04. The van der Waals surface area contributed by atoms with Gasteiger partial charge >= 0.3 is 0 Å². The first kappa shape index (κ1) is 13.8. The van der Waals surface area contributed by atoms with E-state index in [1.165, 1.54) is 0 Å². The summed E-state index contributed by atoms with van der Waals surface area (Å²) in [5, 5.41) is 8.81. The van der Waals surface area contributed by atoms with Crippen LogP contribution in [0.15, 0.2) is 60.7 Å². The van der Waals surface area contributed by atoms with Gasteiger partial charge in [0.25, 0.3) is 0 Å². The van der Waals surface area contributed by atoms with Crippen LogP contribution in [0.5, 0.6) is 0 Å². The van der Waals surface area contributed by atoms with E-state index in [9.17, 15) is 4.79 Å². The summed E-state index contributed by atoms with van der Waals surface area (Å²) in [4.78, 5) is 12.3. The SMILES string of the molecule is C/C(=C\C(=O)c1ccccc1CC#N)c1ccccc1. The molecule has 0 N–H and O–H groups in total. The fraction of sp³-hybridized carbons (Fsp3) is 0.111. The second-order valence-corrected chi connectivity index (χ2v) is 4.55. The number of allylic oxidation sites excluding steroid dienone is 2. The third kappa shape index (κ3) is 3.21. The van der Waals surface area contributed by atoms with Crippen molar-refractivity contribution in [2.45, 2.75) is 13.3 Å². The molecule has 0 heterocycles. The molecule has 0 saturated heterocycles. The van der Waals surface area contributed by atoms with E-state index in [1.807, 2.05) is 55.5 Å². The number of hydrogen-bond donors (Lipinski definition) is 0. The molecule has 0 aliphatic heterocycles. The Balaban J connectivity index is 2.31. The minimum atomic E-state index is -0.0581. The van der Waals surface area contributed by atoms with Gasteiger partial charge in [0, 0.05) is 5.56 Å². The molecule has 0 radical (unpaired) electrons. The normalized spacial score (nSPS) is 10.9. The van der Waals surface area contributed by atoms with E-state index in [1.54, 1.807) is 12.1 Å². The molecule has 2 aromatic carbocycles. The first-order valence-corrected chi connectivity index (χ1v) is 6.45. The molecule has 0 amide bonds. The largest absolute Gasteiger partial charge is 0.289 e. The van der Waals surface area contributed by atoms with Gasteiger partial charge in [0.1, 0.15) is 0 Å². The van der Waals surface area contributed by atoms with Crippen LogP contribution in [0, 0.1) is 11.3 Å². The number of hydrogen-bond acceptors (Lipinski definition) is 2. The van der Waals surface area contributed by atoms with Gasteiger partial charge in [0.15, 0.2) is 5.78 Å². The molecule has 20 heavy (non-hydrogen) atoms. The monoisotopic (exact) mass is 261 g/mol. The number of ketones is 1. The van der Waals surface area contributed by atoms with E-state index in [-0.39, 0.29) is 12.2 Å². The molecule has 98 valence electrons. The highest BCUT2D eigenvalue weighted by atomic mass is 16.1. The molecule has 0 fully saturated rings. The van der Waals surface area contributed by atoms with Crippen molar-refractivity contribution in [1.82, 2.24) is 0 Å². The van der Waals surface area contributed by atoms with Crippen molar-refractivity contribution in [2.75, 3.05) is 0 Å². The van der Waals surface area contributed by atoms with Crippen LogP contribution in [0.1, 0.15) is 28.4 Å². The van der Waals surface area contributed by atoms with Crippen molar-refractivity contribution in [1.29, 1.82) is 5.26 Å². The molecular formula is C18H15NO. The Labute approximate surface area is 119 Å². The van der Waals surface area contributed by atoms with Crippen LogP contribution in [0.25, 0.3) is 5.57 Å². The average Bonchev–Trinajstić information content (AvgIpc) is 2.49. The van der Waals surface area contributed by atoms with E-state index >= 15 is 0 Å². The van der Waals surface area contributed by atoms with Gasteiger partial charge in [-0.3, -0.25) is 4.79 Å². The van der Waals surface area contributed by atoms with E-state index in [4.69, 9.17) is 5.26 Å². The second-order valence-electron chi connectivity index (χ2n) is 4.55. The molecule has 0 aromatic heterocycles. The van der Waals surface area contributed by atoms with E-state index < -0.39 is 0 Å². The van der Waals surface area contributed by atoms with Crippen molar-refractivity contribution in [3.05, 3.63) is 77.4 Å². The Morgan fingerprint density at radius 3 is 2.45 bits per heavy atom. The van der Waals surface area contributed by atoms with Crippen molar-refractivity contribution in [3.8, 4) is 6.07 Å². The molecular weight excluding hydrogens is 246 g/mol. The van der Waals surface area contributed by atoms with Crippen molar-refractivity contribution in [2.24, 2.45) is 0 Å². The fourth-order valence-corrected chi connectivity index (χ4v) is 2.06. The van der Waals surface area contributed by atoms with Gasteiger partial charge < -0.3 is 0 Å². The van der Waals surface area contributed by atoms with Gasteiger partial charge in [0.2, 0.25) is 0 Å². The van der Waals surface area contributed by atoms with Crippen LogP contribution >= 0.6 is 0 Å². The van der Waals surface area contributed by atoms with Gasteiger partial charge in [0.05, 0.1) is 12.5 Å². The van der Waals surface area contributed by atoms with Crippen LogP contribution < -0.4 is 0 Å². The molecule has 0 atom stereocenters. The first-order chi connectivity index (χ1) is 9.72. The zero-order valence-corrected chi connectivity index (χ0v) is 11.3. The molecule has 0 unspecified atom stereocenters. The van der Waals surface area contributed by atoms with Gasteiger partial charge in [-0.05, 0) is 29.7 Å². The average molecular weight is 261 g/mol. The molecule has 0 aliphatic carbocycles. The third-order valence-electron chi connectivity index (χ3n) is 3.13. The van der Waals surface area contributed by atoms with Gasteiger partial charge in [-0.25, -0.2) is 0 Å². The standard InChI is InChI=1S/C18H15NO/c1-14(15-7-3-2-4-8-15)13-18(20)17-10-6-5-9-16(17)11-12-19/h2-10,13H,11H2,1H3/b14-13+. The Bertz CT molecular complexity index is 678. The molecule has 0 aliphatic rings. The van der Waals surface area contributed by atoms with Crippen LogP contribution in [0.4, 0.5) is 0 Å². The quantitative estimate of drug-likeness (QED) is 0.615. The minimum Gasteiger partial charge on any atom is -0.289 e. The Hall–Kier alpha value is -2.66. The van der Waals surface area contributed by atoms with Crippen LogP contribution in [-0.4, -0.2) is 5.78 Å². The number of rotatable bonds is 4. The molecule has 0 bridgehead atoms. The highest BCUT2D eigenvalue weighted by Crippen LogP contribution is 2.16. The van der Waals surface area contributed by atoms with Crippen LogP contribution in [-0.2, 0) is 6.42 Å². The lowest BCUT2D eigenvalue weighted by molar-refractivity contribution is 0.104. The summed E-state index contributed by atoms with van der Waals surface area (Å²) in [5.41, 5.74) is 3.32. The van der Waals surface area contributed by atoms with E-state index in [0.717, 1.165) is 16.7 Å². The maximum Gasteiger partial charge on any atom is 0.186 e. The summed E-state index contributed by atoms with van der Waals surface area (Å²) in [6.07, 6.45) is 1.88. The Morgan fingerprint density at radius 1 is 1.10 bits per heavy atom. The van der Waals surface area contributed by atoms with Crippen molar-refractivity contribution >= 4 is 11.4 Å². The summed E-state index contributed by atoms with van der Waals surface area (Å²) < 4.78 is 0.